The minimum absolute atomic E-state index is 0.0170. The fourth-order valence-electron chi connectivity index (χ4n) is 3.87. The predicted molar refractivity (Wildman–Crippen MR) is 85.1 cm³/mol. The van der Waals surface area contributed by atoms with Crippen molar-refractivity contribution in [1.82, 2.24) is 10.2 Å². The Morgan fingerprint density at radius 1 is 1.24 bits per heavy atom. The van der Waals surface area contributed by atoms with Gasteiger partial charge in [0.15, 0.2) is 0 Å². The highest BCUT2D eigenvalue weighted by Gasteiger charge is 2.37. The maximum absolute atomic E-state index is 13.0. The Hall–Kier alpha value is -1.35. The van der Waals surface area contributed by atoms with Crippen molar-refractivity contribution in [2.24, 2.45) is 5.92 Å². The number of benzene rings is 1. The summed E-state index contributed by atoms with van der Waals surface area (Å²) in [5, 5.41) is 3.44. The fraction of sp³-hybridized carbons (Fsp3) is 0.611. The van der Waals surface area contributed by atoms with Crippen LogP contribution in [0.1, 0.15) is 49.8 Å². The molecule has 0 radical (unpaired) electrons. The summed E-state index contributed by atoms with van der Waals surface area (Å²) in [7, 11) is 0. The molecule has 2 aliphatic heterocycles. The van der Waals surface area contributed by atoms with Crippen molar-refractivity contribution in [1.29, 1.82) is 0 Å². The van der Waals surface area contributed by atoms with Crippen LogP contribution in [0.4, 0.5) is 0 Å². The van der Waals surface area contributed by atoms with Gasteiger partial charge in [0.05, 0.1) is 12.1 Å². The molecule has 0 saturated carbocycles. The number of hydrogen-bond acceptors (Lipinski definition) is 2. The number of carbonyl (C=O) groups excluding carboxylic acids is 1. The zero-order chi connectivity index (χ0) is 14.8. The Kier molecular flexibility index (Phi) is 4.29. The monoisotopic (exact) mass is 286 g/mol. The number of nitrogens with one attached hydrogen (secondary N) is 1. The van der Waals surface area contributed by atoms with Gasteiger partial charge >= 0.3 is 0 Å². The highest BCUT2D eigenvalue weighted by molar-refractivity contribution is 5.83. The summed E-state index contributed by atoms with van der Waals surface area (Å²) in [4.78, 5) is 15.1. The molecule has 0 aliphatic carbocycles. The van der Waals surface area contributed by atoms with Crippen LogP contribution in [0.15, 0.2) is 24.3 Å². The van der Waals surface area contributed by atoms with E-state index in [0.717, 1.165) is 32.4 Å². The lowest BCUT2D eigenvalue weighted by Crippen LogP contribution is -2.52. The van der Waals surface area contributed by atoms with Gasteiger partial charge in [0.25, 0.3) is 0 Å². The molecule has 2 aliphatic rings. The van der Waals surface area contributed by atoms with Crippen molar-refractivity contribution in [2.75, 3.05) is 13.1 Å². The van der Waals surface area contributed by atoms with Crippen LogP contribution in [0, 0.1) is 12.8 Å². The number of rotatable bonds is 2. The van der Waals surface area contributed by atoms with Gasteiger partial charge in [0.2, 0.25) is 5.91 Å². The summed E-state index contributed by atoms with van der Waals surface area (Å²) in [5.74, 6) is 0.761. The van der Waals surface area contributed by atoms with E-state index in [1.54, 1.807) is 0 Å². The first kappa shape index (κ1) is 14.6. The third kappa shape index (κ3) is 2.84. The van der Waals surface area contributed by atoms with Crippen molar-refractivity contribution in [3.05, 3.63) is 35.4 Å². The predicted octanol–water partition coefficient (Wildman–Crippen LogP) is 3.05. The number of aryl methyl sites for hydroxylation is 1. The zero-order valence-electron chi connectivity index (χ0n) is 13.1. The standard InChI is InChI=1S/C18H26N2O/c1-13-7-3-4-9-15(13)16-10-6-12-20(16)18(21)17-14(2)8-5-11-19-17/h3-4,7,9,14,16-17,19H,5-6,8,10-12H2,1-2H3. The first-order valence-electron chi connectivity index (χ1n) is 8.28. The SMILES string of the molecule is Cc1ccccc1C1CCCN1C(=O)C1NCCCC1C. The van der Waals surface area contributed by atoms with E-state index in [2.05, 4.69) is 48.3 Å². The molecular weight excluding hydrogens is 260 g/mol. The number of carbonyl (C=O) groups is 1. The van der Waals surface area contributed by atoms with Gasteiger partial charge in [-0.1, -0.05) is 31.2 Å². The fourth-order valence-corrected chi connectivity index (χ4v) is 3.87. The van der Waals surface area contributed by atoms with Crippen LogP contribution in [-0.4, -0.2) is 29.9 Å². The van der Waals surface area contributed by atoms with Crippen LogP contribution in [0.5, 0.6) is 0 Å². The Morgan fingerprint density at radius 3 is 2.81 bits per heavy atom. The van der Waals surface area contributed by atoms with Crippen LogP contribution < -0.4 is 5.32 Å². The average Bonchev–Trinajstić information content (AvgIpc) is 2.97. The second-order valence-corrected chi connectivity index (χ2v) is 6.60. The van der Waals surface area contributed by atoms with Crippen LogP contribution in [0.25, 0.3) is 0 Å². The molecule has 1 aromatic rings. The lowest BCUT2D eigenvalue weighted by molar-refractivity contribution is -0.136. The Labute approximate surface area is 127 Å². The number of hydrogen-bond donors (Lipinski definition) is 1. The zero-order valence-corrected chi connectivity index (χ0v) is 13.1. The van der Waals surface area contributed by atoms with Crippen LogP contribution >= 0.6 is 0 Å². The molecule has 3 heteroatoms. The minimum Gasteiger partial charge on any atom is -0.334 e. The molecule has 3 nitrogen and oxygen atoms in total. The number of piperidine rings is 1. The molecule has 3 unspecified atom stereocenters. The van der Waals surface area contributed by atoms with E-state index in [1.165, 1.54) is 17.5 Å². The second kappa shape index (κ2) is 6.18. The molecule has 1 amide bonds. The van der Waals surface area contributed by atoms with Gasteiger partial charge < -0.3 is 10.2 Å². The van der Waals surface area contributed by atoms with Crippen LogP contribution in [0.3, 0.4) is 0 Å². The van der Waals surface area contributed by atoms with Gasteiger partial charge in [0.1, 0.15) is 0 Å². The van der Waals surface area contributed by atoms with E-state index >= 15 is 0 Å². The van der Waals surface area contributed by atoms with E-state index in [-0.39, 0.29) is 12.1 Å². The normalized spacial score (nSPS) is 29.6. The smallest absolute Gasteiger partial charge is 0.240 e. The maximum Gasteiger partial charge on any atom is 0.240 e. The molecule has 2 fully saturated rings. The first-order chi connectivity index (χ1) is 10.2. The average molecular weight is 286 g/mol. The number of likely N-dealkylation sites (tertiary alicyclic amines) is 1. The third-order valence-electron chi connectivity index (χ3n) is 5.12. The molecule has 2 saturated heterocycles. The molecule has 21 heavy (non-hydrogen) atoms. The molecule has 0 bridgehead atoms. The number of nitrogens with zero attached hydrogens (tertiary/aromatic N) is 1. The third-order valence-corrected chi connectivity index (χ3v) is 5.12. The Bertz CT molecular complexity index is 514. The lowest BCUT2D eigenvalue weighted by Gasteiger charge is -2.35. The summed E-state index contributed by atoms with van der Waals surface area (Å²) in [6.45, 7) is 6.23. The van der Waals surface area contributed by atoms with E-state index in [1.807, 2.05) is 0 Å². The molecule has 0 aromatic heterocycles. The van der Waals surface area contributed by atoms with Crippen LogP contribution in [0.2, 0.25) is 0 Å². The highest BCUT2D eigenvalue weighted by Crippen LogP contribution is 2.35. The van der Waals surface area contributed by atoms with E-state index in [4.69, 9.17) is 0 Å². The molecule has 1 N–H and O–H groups in total. The van der Waals surface area contributed by atoms with Crippen LogP contribution in [-0.2, 0) is 4.79 Å². The number of amides is 1. The second-order valence-electron chi connectivity index (χ2n) is 6.60. The summed E-state index contributed by atoms with van der Waals surface area (Å²) < 4.78 is 0. The lowest BCUT2D eigenvalue weighted by atomic mass is 9.91. The minimum atomic E-state index is 0.0170. The molecule has 3 atom stereocenters. The van der Waals surface area contributed by atoms with Gasteiger partial charge in [-0.25, -0.2) is 0 Å². The van der Waals surface area contributed by atoms with E-state index < -0.39 is 0 Å². The van der Waals surface area contributed by atoms with Crippen molar-refractivity contribution in [3.63, 3.8) is 0 Å². The van der Waals surface area contributed by atoms with Crippen molar-refractivity contribution in [2.45, 2.75) is 51.6 Å². The van der Waals surface area contributed by atoms with Gasteiger partial charge in [-0.05, 0) is 56.2 Å². The largest absolute Gasteiger partial charge is 0.334 e. The molecule has 3 rings (SSSR count). The maximum atomic E-state index is 13.0. The first-order valence-corrected chi connectivity index (χ1v) is 8.28. The summed E-state index contributed by atoms with van der Waals surface area (Å²) >= 11 is 0. The molecule has 114 valence electrons. The Morgan fingerprint density at radius 2 is 2.05 bits per heavy atom. The van der Waals surface area contributed by atoms with Crippen molar-refractivity contribution in [3.8, 4) is 0 Å². The Balaban J connectivity index is 1.80. The van der Waals surface area contributed by atoms with Gasteiger partial charge in [-0.2, -0.15) is 0 Å². The van der Waals surface area contributed by atoms with Gasteiger partial charge in [-0.15, -0.1) is 0 Å². The van der Waals surface area contributed by atoms with E-state index in [0.29, 0.717) is 11.8 Å². The summed E-state index contributed by atoms with van der Waals surface area (Å²) in [5.41, 5.74) is 2.62. The van der Waals surface area contributed by atoms with Gasteiger partial charge in [-0.3, -0.25) is 4.79 Å². The molecule has 1 aromatic carbocycles. The van der Waals surface area contributed by atoms with Crippen molar-refractivity contribution >= 4 is 5.91 Å². The van der Waals surface area contributed by atoms with Gasteiger partial charge in [0, 0.05) is 6.54 Å². The molecular formula is C18H26N2O. The van der Waals surface area contributed by atoms with E-state index in [9.17, 15) is 4.79 Å². The summed E-state index contributed by atoms with van der Waals surface area (Å²) in [6, 6.07) is 8.79. The van der Waals surface area contributed by atoms with Crippen molar-refractivity contribution < 1.29 is 4.79 Å². The molecule has 2 heterocycles. The molecule has 0 spiro atoms. The highest BCUT2D eigenvalue weighted by atomic mass is 16.2. The quantitative estimate of drug-likeness (QED) is 0.906. The summed E-state index contributed by atoms with van der Waals surface area (Å²) in [6.07, 6.45) is 4.56. The topological polar surface area (TPSA) is 32.3 Å².